The van der Waals surface area contributed by atoms with Gasteiger partial charge in [-0.3, -0.25) is 0 Å². The number of rotatable bonds is 8. The van der Waals surface area contributed by atoms with E-state index in [-0.39, 0.29) is 17.5 Å². The van der Waals surface area contributed by atoms with Gasteiger partial charge in [-0.1, -0.05) is 13.8 Å². The predicted octanol–water partition coefficient (Wildman–Crippen LogP) is 2.97. The number of esters is 1. The van der Waals surface area contributed by atoms with Gasteiger partial charge in [0.25, 0.3) is 0 Å². The second-order valence-electron chi connectivity index (χ2n) is 5.74. The van der Waals surface area contributed by atoms with Gasteiger partial charge in [-0.05, 0) is 56.9 Å². The molecular formula is C16H25NO4S. The zero-order chi connectivity index (χ0) is 16.8. The van der Waals surface area contributed by atoms with Crippen molar-refractivity contribution in [1.29, 1.82) is 0 Å². The first-order valence-electron chi connectivity index (χ1n) is 7.55. The van der Waals surface area contributed by atoms with Crippen LogP contribution in [-0.2, 0) is 14.8 Å². The normalized spacial score (nSPS) is 13.1. The number of carbonyl (C=O) groups excluding carboxylic acids is 1. The second-order valence-corrected chi connectivity index (χ2v) is 7.45. The fourth-order valence-corrected chi connectivity index (χ4v) is 3.24. The summed E-state index contributed by atoms with van der Waals surface area (Å²) in [7, 11) is -3.56. The lowest BCUT2D eigenvalue weighted by atomic mass is 10.1. The van der Waals surface area contributed by atoms with Crippen LogP contribution in [0.3, 0.4) is 0 Å². The maximum absolute atomic E-state index is 12.3. The summed E-state index contributed by atoms with van der Waals surface area (Å²) in [6.45, 7) is 8.07. The highest BCUT2D eigenvalue weighted by Gasteiger charge is 2.18. The van der Waals surface area contributed by atoms with Crippen LogP contribution in [0, 0.1) is 5.92 Å². The Balaban J connectivity index is 2.75. The molecular weight excluding hydrogens is 302 g/mol. The molecule has 0 aliphatic heterocycles. The third-order valence-corrected chi connectivity index (χ3v) is 4.81. The van der Waals surface area contributed by atoms with Crippen LogP contribution >= 0.6 is 0 Å². The molecule has 124 valence electrons. The van der Waals surface area contributed by atoms with E-state index in [1.54, 1.807) is 6.92 Å². The first-order chi connectivity index (χ1) is 10.3. The Bertz CT molecular complexity index is 579. The molecule has 1 rings (SSSR count). The van der Waals surface area contributed by atoms with Gasteiger partial charge in [0.05, 0.1) is 17.1 Å². The third-order valence-electron chi connectivity index (χ3n) is 3.21. The number of hydrogen-bond donors (Lipinski definition) is 1. The van der Waals surface area contributed by atoms with Gasteiger partial charge >= 0.3 is 5.97 Å². The van der Waals surface area contributed by atoms with E-state index in [9.17, 15) is 13.2 Å². The van der Waals surface area contributed by atoms with E-state index in [0.29, 0.717) is 11.5 Å². The van der Waals surface area contributed by atoms with E-state index in [0.717, 1.165) is 12.8 Å². The zero-order valence-corrected chi connectivity index (χ0v) is 14.4. The average Bonchev–Trinajstić information content (AvgIpc) is 2.45. The third kappa shape index (κ3) is 5.77. The van der Waals surface area contributed by atoms with Crippen molar-refractivity contribution in [3.63, 3.8) is 0 Å². The highest BCUT2D eigenvalue weighted by Crippen LogP contribution is 2.14. The van der Waals surface area contributed by atoms with Crippen molar-refractivity contribution < 1.29 is 17.9 Å². The van der Waals surface area contributed by atoms with Crippen molar-refractivity contribution in [2.45, 2.75) is 51.5 Å². The first-order valence-corrected chi connectivity index (χ1v) is 9.04. The highest BCUT2D eigenvalue weighted by atomic mass is 32.2. The van der Waals surface area contributed by atoms with Gasteiger partial charge in [0.2, 0.25) is 10.0 Å². The van der Waals surface area contributed by atoms with Crippen LogP contribution in [0.25, 0.3) is 0 Å². The maximum atomic E-state index is 12.3. The lowest BCUT2D eigenvalue weighted by Gasteiger charge is -2.15. The summed E-state index contributed by atoms with van der Waals surface area (Å²) >= 11 is 0. The van der Waals surface area contributed by atoms with Gasteiger partial charge in [0.1, 0.15) is 0 Å². The Kier molecular flexibility index (Phi) is 7.03. The molecule has 1 aromatic carbocycles. The van der Waals surface area contributed by atoms with E-state index in [2.05, 4.69) is 18.6 Å². The van der Waals surface area contributed by atoms with Crippen LogP contribution < -0.4 is 4.72 Å². The van der Waals surface area contributed by atoms with Crippen LogP contribution in [0.1, 0.15) is 50.9 Å². The molecule has 5 nitrogen and oxygen atoms in total. The minimum atomic E-state index is -3.56. The molecule has 0 spiro atoms. The van der Waals surface area contributed by atoms with Crippen LogP contribution in [0.15, 0.2) is 29.2 Å². The van der Waals surface area contributed by atoms with E-state index in [4.69, 9.17) is 4.74 Å². The molecule has 1 N–H and O–H groups in total. The zero-order valence-electron chi connectivity index (χ0n) is 13.6. The number of benzene rings is 1. The quantitative estimate of drug-likeness (QED) is 0.745. The summed E-state index contributed by atoms with van der Waals surface area (Å²) in [4.78, 5) is 11.7. The Morgan fingerprint density at radius 3 is 2.23 bits per heavy atom. The van der Waals surface area contributed by atoms with Gasteiger partial charge in [0, 0.05) is 6.04 Å². The van der Waals surface area contributed by atoms with Crippen molar-refractivity contribution in [3.05, 3.63) is 29.8 Å². The van der Waals surface area contributed by atoms with Gasteiger partial charge in [-0.2, -0.15) is 0 Å². The molecule has 0 aromatic heterocycles. The molecule has 0 bridgehead atoms. The molecule has 6 heteroatoms. The second kappa shape index (κ2) is 8.29. The largest absolute Gasteiger partial charge is 0.462 e. The van der Waals surface area contributed by atoms with Crippen LogP contribution in [-0.4, -0.2) is 27.0 Å². The van der Waals surface area contributed by atoms with E-state index in [1.807, 2.05) is 6.92 Å². The highest BCUT2D eigenvalue weighted by molar-refractivity contribution is 7.89. The lowest BCUT2D eigenvalue weighted by Crippen LogP contribution is -2.32. The smallest absolute Gasteiger partial charge is 0.338 e. The van der Waals surface area contributed by atoms with Crippen LogP contribution in [0.4, 0.5) is 0 Å². The maximum Gasteiger partial charge on any atom is 0.338 e. The fraction of sp³-hybridized carbons (Fsp3) is 0.562. The van der Waals surface area contributed by atoms with Crippen molar-refractivity contribution in [2.24, 2.45) is 5.92 Å². The standard InChI is InChI=1S/C16H25NO4S/c1-5-21-16(18)14-8-10-15(11-9-14)22(19,20)17-13(4)7-6-12(2)3/h8-13,17H,5-7H2,1-4H3. The molecule has 22 heavy (non-hydrogen) atoms. The Morgan fingerprint density at radius 1 is 1.14 bits per heavy atom. The molecule has 0 saturated carbocycles. The average molecular weight is 327 g/mol. The molecule has 0 saturated heterocycles. The monoisotopic (exact) mass is 327 g/mol. The number of ether oxygens (including phenoxy) is 1. The summed E-state index contributed by atoms with van der Waals surface area (Å²) in [6, 6.07) is 5.64. The molecule has 0 aliphatic rings. The Hall–Kier alpha value is -1.40. The van der Waals surface area contributed by atoms with Crippen molar-refractivity contribution in [3.8, 4) is 0 Å². The summed E-state index contributed by atoms with van der Waals surface area (Å²) in [5.74, 6) is 0.0838. The summed E-state index contributed by atoms with van der Waals surface area (Å²) < 4.78 is 32.1. The topological polar surface area (TPSA) is 72.5 Å². The number of nitrogens with one attached hydrogen (secondary N) is 1. The van der Waals surface area contributed by atoms with Gasteiger partial charge < -0.3 is 4.74 Å². The summed E-state index contributed by atoms with van der Waals surface area (Å²) in [5, 5.41) is 0. The molecule has 0 radical (unpaired) electrons. The molecule has 0 heterocycles. The summed E-state index contributed by atoms with van der Waals surface area (Å²) in [6.07, 6.45) is 1.75. The number of carbonyl (C=O) groups is 1. The fourth-order valence-electron chi connectivity index (χ4n) is 1.96. The Morgan fingerprint density at radius 2 is 1.73 bits per heavy atom. The van der Waals surface area contributed by atoms with Crippen LogP contribution in [0.5, 0.6) is 0 Å². The van der Waals surface area contributed by atoms with E-state index in [1.165, 1.54) is 24.3 Å². The van der Waals surface area contributed by atoms with Crippen molar-refractivity contribution >= 4 is 16.0 Å². The van der Waals surface area contributed by atoms with E-state index >= 15 is 0 Å². The SMILES string of the molecule is CCOC(=O)c1ccc(S(=O)(=O)NC(C)CCC(C)C)cc1. The Labute approximate surface area is 133 Å². The predicted molar refractivity (Wildman–Crippen MR) is 86.3 cm³/mol. The van der Waals surface area contributed by atoms with Crippen molar-refractivity contribution in [2.75, 3.05) is 6.61 Å². The summed E-state index contributed by atoms with van der Waals surface area (Å²) in [5.41, 5.74) is 0.341. The molecule has 1 aromatic rings. The van der Waals surface area contributed by atoms with Crippen LogP contribution in [0.2, 0.25) is 0 Å². The van der Waals surface area contributed by atoms with Gasteiger partial charge in [0.15, 0.2) is 0 Å². The molecule has 1 atom stereocenters. The molecule has 1 unspecified atom stereocenters. The minimum Gasteiger partial charge on any atom is -0.462 e. The van der Waals surface area contributed by atoms with Crippen molar-refractivity contribution in [1.82, 2.24) is 4.72 Å². The molecule has 0 amide bonds. The number of sulfonamides is 1. The first kappa shape index (κ1) is 18.6. The minimum absolute atomic E-state index is 0.128. The molecule has 0 aliphatic carbocycles. The van der Waals surface area contributed by atoms with Gasteiger partial charge in [-0.25, -0.2) is 17.9 Å². The lowest BCUT2D eigenvalue weighted by molar-refractivity contribution is 0.0526. The van der Waals surface area contributed by atoms with E-state index < -0.39 is 16.0 Å². The van der Waals surface area contributed by atoms with Gasteiger partial charge in [-0.15, -0.1) is 0 Å². The molecule has 0 fully saturated rings. The number of hydrogen-bond acceptors (Lipinski definition) is 4.